The van der Waals surface area contributed by atoms with E-state index in [1.165, 1.54) is 17.0 Å². The molecule has 0 N–H and O–H groups in total. The number of nitrogens with zero attached hydrogens (tertiary/aromatic N) is 3. The summed E-state index contributed by atoms with van der Waals surface area (Å²) in [6, 6.07) is 11.8. The Morgan fingerprint density at radius 2 is 1.84 bits per heavy atom. The molecule has 0 bridgehead atoms. The van der Waals surface area contributed by atoms with Crippen molar-refractivity contribution in [2.75, 3.05) is 18.1 Å². The van der Waals surface area contributed by atoms with E-state index in [1.54, 1.807) is 0 Å². The highest BCUT2D eigenvalue weighted by atomic mass is 19.4. The summed E-state index contributed by atoms with van der Waals surface area (Å²) >= 11 is 0. The van der Waals surface area contributed by atoms with E-state index in [0.717, 1.165) is 29.9 Å². The Balaban J connectivity index is 1.46. The summed E-state index contributed by atoms with van der Waals surface area (Å²) in [6.45, 7) is 2.92. The molecule has 4 rings (SSSR count). The van der Waals surface area contributed by atoms with Crippen LogP contribution in [0.2, 0.25) is 0 Å². The highest BCUT2D eigenvalue weighted by Gasteiger charge is 2.36. The van der Waals surface area contributed by atoms with Crippen LogP contribution in [-0.4, -0.2) is 29.2 Å². The molecule has 1 aliphatic heterocycles. The maximum atomic E-state index is 12.8. The van der Waals surface area contributed by atoms with Gasteiger partial charge in [-0.05, 0) is 55.0 Å². The minimum absolute atomic E-state index is 0.145. The highest BCUT2D eigenvalue weighted by Crippen LogP contribution is 2.34. The lowest BCUT2D eigenvalue weighted by Crippen LogP contribution is -2.24. The van der Waals surface area contributed by atoms with Crippen molar-refractivity contribution in [3.63, 3.8) is 0 Å². The van der Waals surface area contributed by atoms with Crippen molar-refractivity contribution < 1.29 is 27.2 Å². The lowest BCUT2D eigenvalue weighted by atomic mass is 10.1. The molecule has 2 heterocycles. The van der Waals surface area contributed by atoms with Crippen molar-refractivity contribution in [1.82, 2.24) is 10.1 Å². The summed E-state index contributed by atoms with van der Waals surface area (Å²) in [4.78, 5) is 18.3. The number of hydrogen-bond donors (Lipinski definition) is 0. The molecule has 0 aliphatic carbocycles. The molecule has 1 saturated heterocycles. The third-order valence-electron chi connectivity index (χ3n) is 5.01. The van der Waals surface area contributed by atoms with Gasteiger partial charge in [-0.3, -0.25) is 4.79 Å². The van der Waals surface area contributed by atoms with Gasteiger partial charge < -0.3 is 14.2 Å². The van der Waals surface area contributed by atoms with Crippen LogP contribution in [0.1, 0.15) is 37.1 Å². The van der Waals surface area contributed by atoms with E-state index in [4.69, 9.17) is 9.26 Å². The van der Waals surface area contributed by atoms with E-state index < -0.39 is 11.7 Å². The first-order valence-electron chi connectivity index (χ1n) is 9.89. The molecule has 31 heavy (non-hydrogen) atoms. The van der Waals surface area contributed by atoms with Crippen LogP contribution in [0.15, 0.2) is 53.1 Å². The molecular formula is C22H20F3N3O3. The second-order valence-corrected chi connectivity index (χ2v) is 7.28. The van der Waals surface area contributed by atoms with E-state index in [9.17, 15) is 18.0 Å². The summed E-state index contributed by atoms with van der Waals surface area (Å²) in [6.07, 6.45) is -3.36. The molecule has 9 heteroatoms. The molecule has 1 amide bonds. The smallest absolute Gasteiger partial charge is 0.416 e. The number of benzene rings is 2. The summed E-state index contributed by atoms with van der Waals surface area (Å²) in [5.41, 5.74) is 0.401. The van der Waals surface area contributed by atoms with Crippen molar-refractivity contribution in [3.8, 4) is 17.1 Å². The fourth-order valence-corrected chi connectivity index (χ4v) is 3.39. The Morgan fingerprint density at radius 3 is 2.48 bits per heavy atom. The van der Waals surface area contributed by atoms with Gasteiger partial charge in [-0.1, -0.05) is 12.1 Å². The molecule has 6 nitrogen and oxygen atoms in total. The molecule has 0 saturated carbocycles. The van der Waals surface area contributed by atoms with Crippen LogP contribution < -0.4 is 9.64 Å². The van der Waals surface area contributed by atoms with Crippen molar-refractivity contribution in [2.45, 2.75) is 31.9 Å². The Kier molecular flexibility index (Phi) is 5.67. The maximum absolute atomic E-state index is 12.8. The molecule has 3 aromatic rings. The monoisotopic (exact) mass is 431 g/mol. The standard InChI is InChI=1S/C22H20F3N3O3/c1-2-11-30-18-9-3-14(4-10-18)20-26-21(31-27-20)15-12-19(29)28(13-15)17-7-5-16(6-8-17)22(23,24)25/h3-10,15H,2,11-13H2,1H3. The lowest BCUT2D eigenvalue weighted by molar-refractivity contribution is -0.137. The van der Waals surface area contributed by atoms with Crippen molar-refractivity contribution in [3.05, 3.63) is 60.0 Å². The van der Waals surface area contributed by atoms with Crippen LogP contribution in [0.4, 0.5) is 18.9 Å². The van der Waals surface area contributed by atoms with Gasteiger partial charge in [0.05, 0.1) is 18.1 Å². The lowest BCUT2D eigenvalue weighted by Gasteiger charge is -2.17. The van der Waals surface area contributed by atoms with Gasteiger partial charge in [0.15, 0.2) is 0 Å². The zero-order chi connectivity index (χ0) is 22.0. The molecule has 1 fully saturated rings. The highest BCUT2D eigenvalue weighted by molar-refractivity contribution is 5.96. The second kappa shape index (κ2) is 8.41. The van der Waals surface area contributed by atoms with Gasteiger partial charge in [-0.25, -0.2) is 0 Å². The fraction of sp³-hybridized carbons (Fsp3) is 0.318. The van der Waals surface area contributed by atoms with E-state index in [-0.39, 0.29) is 24.8 Å². The van der Waals surface area contributed by atoms with Crippen LogP contribution in [0, 0.1) is 0 Å². The number of carbonyl (C=O) groups is 1. The third kappa shape index (κ3) is 4.55. The first-order valence-corrected chi connectivity index (χ1v) is 9.89. The number of alkyl halides is 3. The van der Waals surface area contributed by atoms with Gasteiger partial charge in [0.25, 0.3) is 0 Å². The van der Waals surface area contributed by atoms with E-state index in [1.807, 2.05) is 31.2 Å². The van der Waals surface area contributed by atoms with Crippen LogP contribution in [-0.2, 0) is 11.0 Å². The second-order valence-electron chi connectivity index (χ2n) is 7.28. The van der Waals surface area contributed by atoms with Gasteiger partial charge in [0.1, 0.15) is 5.75 Å². The molecule has 0 radical (unpaired) electrons. The topological polar surface area (TPSA) is 68.5 Å². The molecule has 1 atom stereocenters. The van der Waals surface area contributed by atoms with Gasteiger partial charge in [-0.2, -0.15) is 18.2 Å². The van der Waals surface area contributed by atoms with Gasteiger partial charge in [0.2, 0.25) is 17.6 Å². The largest absolute Gasteiger partial charge is 0.494 e. The molecular weight excluding hydrogens is 411 g/mol. The molecule has 162 valence electrons. The Hall–Kier alpha value is -3.36. The fourth-order valence-electron chi connectivity index (χ4n) is 3.39. The molecule has 1 unspecified atom stereocenters. The molecule has 1 aliphatic rings. The minimum atomic E-state index is -4.42. The number of amides is 1. The first-order chi connectivity index (χ1) is 14.8. The third-order valence-corrected chi connectivity index (χ3v) is 5.01. The zero-order valence-electron chi connectivity index (χ0n) is 16.7. The first kappa shape index (κ1) is 20.9. The number of anilines is 1. The van der Waals surface area contributed by atoms with Gasteiger partial charge >= 0.3 is 6.18 Å². The van der Waals surface area contributed by atoms with E-state index >= 15 is 0 Å². The normalized spacial score (nSPS) is 16.7. The van der Waals surface area contributed by atoms with Gasteiger partial charge in [0, 0.05) is 24.2 Å². The van der Waals surface area contributed by atoms with Crippen molar-refractivity contribution in [1.29, 1.82) is 0 Å². The van der Waals surface area contributed by atoms with Crippen molar-refractivity contribution >= 4 is 11.6 Å². The number of aromatic nitrogens is 2. The average Bonchev–Trinajstić information content (AvgIpc) is 3.39. The summed E-state index contributed by atoms with van der Waals surface area (Å²) in [5, 5.41) is 4.00. The van der Waals surface area contributed by atoms with Crippen LogP contribution in [0.25, 0.3) is 11.4 Å². The number of carbonyl (C=O) groups excluding carboxylic acids is 1. The number of hydrogen-bond acceptors (Lipinski definition) is 5. The Labute approximate surface area is 176 Å². The predicted octanol–water partition coefficient (Wildman–Crippen LogP) is 5.06. The Morgan fingerprint density at radius 1 is 1.13 bits per heavy atom. The molecule has 0 spiro atoms. The SMILES string of the molecule is CCCOc1ccc(-c2noc(C3CC(=O)N(c4ccc(C(F)(F)F)cc4)C3)n2)cc1. The predicted molar refractivity (Wildman–Crippen MR) is 107 cm³/mol. The summed E-state index contributed by atoms with van der Waals surface area (Å²) in [7, 11) is 0. The zero-order valence-corrected chi connectivity index (χ0v) is 16.7. The summed E-state index contributed by atoms with van der Waals surface area (Å²) < 4.78 is 49.2. The van der Waals surface area contributed by atoms with E-state index in [2.05, 4.69) is 10.1 Å². The minimum Gasteiger partial charge on any atom is -0.494 e. The van der Waals surface area contributed by atoms with Gasteiger partial charge in [-0.15, -0.1) is 0 Å². The van der Waals surface area contributed by atoms with Crippen LogP contribution >= 0.6 is 0 Å². The Bertz CT molecular complexity index is 1050. The number of rotatable bonds is 6. The summed E-state index contributed by atoms with van der Waals surface area (Å²) in [5.74, 6) is 0.939. The molecule has 1 aromatic heterocycles. The maximum Gasteiger partial charge on any atom is 0.416 e. The quantitative estimate of drug-likeness (QED) is 0.545. The van der Waals surface area contributed by atoms with Crippen LogP contribution in [0.5, 0.6) is 5.75 Å². The number of halogens is 3. The van der Waals surface area contributed by atoms with Crippen LogP contribution in [0.3, 0.4) is 0 Å². The average molecular weight is 431 g/mol. The van der Waals surface area contributed by atoms with E-state index in [0.29, 0.717) is 24.0 Å². The molecule has 2 aromatic carbocycles. The van der Waals surface area contributed by atoms with Crippen molar-refractivity contribution in [2.24, 2.45) is 0 Å². The number of ether oxygens (including phenoxy) is 1.